The Balaban J connectivity index is 0.00000484. The molecule has 0 heterocycles. The van der Waals surface area contributed by atoms with E-state index in [4.69, 9.17) is 4.99 Å². The first-order valence-corrected chi connectivity index (χ1v) is 8.31. The fourth-order valence-corrected chi connectivity index (χ4v) is 2.34. The summed E-state index contributed by atoms with van der Waals surface area (Å²) in [4.78, 5) is 4.70. The molecule has 23 heavy (non-hydrogen) atoms. The standard InChI is InChI=1S/C18H31N3O.HI/c1-5-18(6-2,14-22)13-20-17(19-7-3)21-15(4)16-11-9-8-10-12-16;/h8-12,15,22H,5-7,13-14H2,1-4H3,(H2,19,20,21);1H. The monoisotopic (exact) mass is 433 g/mol. The molecule has 132 valence electrons. The fourth-order valence-electron chi connectivity index (χ4n) is 2.34. The van der Waals surface area contributed by atoms with Crippen LogP contribution in [0.3, 0.4) is 0 Å². The largest absolute Gasteiger partial charge is 0.396 e. The predicted octanol–water partition coefficient (Wildman–Crippen LogP) is 3.72. The molecule has 1 atom stereocenters. The molecule has 3 N–H and O–H groups in total. The highest BCUT2D eigenvalue weighted by molar-refractivity contribution is 14.0. The zero-order valence-corrected chi connectivity index (χ0v) is 17.1. The van der Waals surface area contributed by atoms with Crippen LogP contribution < -0.4 is 10.6 Å². The van der Waals surface area contributed by atoms with Crippen LogP contribution in [0.25, 0.3) is 0 Å². The minimum absolute atomic E-state index is 0. The lowest BCUT2D eigenvalue weighted by Gasteiger charge is -2.28. The minimum Gasteiger partial charge on any atom is -0.396 e. The molecule has 0 saturated carbocycles. The quantitative estimate of drug-likeness (QED) is 0.333. The Morgan fingerprint density at radius 3 is 2.26 bits per heavy atom. The van der Waals surface area contributed by atoms with Gasteiger partial charge in [0, 0.05) is 12.0 Å². The molecule has 0 saturated heterocycles. The van der Waals surface area contributed by atoms with E-state index in [2.05, 4.69) is 50.5 Å². The summed E-state index contributed by atoms with van der Waals surface area (Å²) in [6, 6.07) is 10.5. The van der Waals surface area contributed by atoms with Gasteiger partial charge in [-0.3, -0.25) is 4.99 Å². The van der Waals surface area contributed by atoms with Gasteiger partial charge in [-0.25, -0.2) is 0 Å². The van der Waals surface area contributed by atoms with Gasteiger partial charge in [-0.2, -0.15) is 0 Å². The topological polar surface area (TPSA) is 56.7 Å². The molecule has 0 radical (unpaired) electrons. The number of aliphatic imine (C=N–C) groups is 1. The molecule has 0 aliphatic carbocycles. The third-order valence-corrected chi connectivity index (χ3v) is 4.41. The summed E-state index contributed by atoms with van der Waals surface area (Å²) in [7, 11) is 0. The fraction of sp³-hybridized carbons (Fsp3) is 0.611. The van der Waals surface area contributed by atoms with Crippen molar-refractivity contribution >= 4 is 29.9 Å². The van der Waals surface area contributed by atoms with Crippen molar-refractivity contribution in [3.63, 3.8) is 0 Å². The van der Waals surface area contributed by atoms with E-state index in [1.54, 1.807) is 0 Å². The normalized spacial score (nSPS) is 13.2. The molecule has 0 aromatic heterocycles. The number of hydrogen-bond donors (Lipinski definition) is 3. The van der Waals surface area contributed by atoms with Gasteiger partial charge in [-0.05, 0) is 32.3 Å². The summed E-state index contributed by atoms with van der Waals surface area (Å²) in [6.45, 7) is 10.0. The van der Waals surface area contributed by atoms with Crippen LogP contribution in [0.2, 0.25) is 0 Å². The number of nitrogens with zero attached hydrogens (tertiary/aromatic N) is 1. The Morgan fingerprint density at radius 2 is 1.78 bits per heavy atom. The van der Waals surface area contributed by atoms with E-state index < -0.39 is 0 Å². The lowest BCUT2D eigenvalue weighted by Crippen LogP contribution is -2.40. The summed E-state index contributed by atoms with van der Waals surface area (Å²) in [5.74, 6) is 0.804. The van der Waals surface area contributed by atoms with E-state index >= 15 is 0 Å². The van der Waals surface area contributed by atoms with Gasteiger partial charge in [0.05, 0.1) is 19.2 Å². The van der Waals surface area contributed by atoms with Gasteiger partial charge >= 0.3 is 0 Å². The number of benzene rings is 1. The Bertz CT molecular complexity index is 439. The molecule has 5 heteroatoms. The molecule has 0 aliphatic rings. The van der Waals surface area contributed by atoms with Gasteiger partial charge < -0.3 is 15.7 Å². The Hall–Kier alpha value is -0.820. The van der Waals surface area contributed by atoms with Crippen LogP contribution in [0.5, 0.6) is 0 Å². The number of guanidine groups is 1. The number of nitrogens with one attached hydrogen (secondary N) is 2. The Labute approximate surface area is 158 Å². The highest BCUT2D eigenvalue weighted by Crippen LogP contribution is 2.25. The summed E-state index contributed by atoms with van der Waals surface area (Å²) < 4.78 is 0. The van der Waals surface area contributed by atoms with Crippen molar-refractivity contribution in [2.45, 2.75) is 46.6 Å². The first-order chi connectivity index (χ1) is 10.6. The molecule has 4 nitrogen and oxygen atoms in total. The molecule has 0 amide bonds. The third kappa shape index (κ3) is 7.08. The van der Waals surface area contributed by atoms with Crippen LogP contribution in [0, 0.1) is 5.41 Å². The van der Waals surface area contributed by atoms with E-state index in [1.165, 1.54) is 5.56 Å². The average molecular weight is 433 g/mol. The molecule has 0 bridgehead atoms. The molecule has 0 spiro atoms. The van der Waals surface area contributed by atoms with E-state index in [1.807, 2.05) is 18.2 Å². The number of aliphatic hydroxyl groups excluding tert-OH is 1. The van der Waals surface area contributed by atoms with Gasteiger partial charge in [0.1, 0.15) is 0 Å². The van der Waals surface area contributed by atoms with Crippen molar-refractivity contribution in [1.29, 1.82) is 0 Å². The average Bonchev–Trinajstić information content (AvgIpc) is 2.57. The van der Waals surface area contributed by atoms with Crippen molar-refractivity contribution < 1.29 is 5.11 Å². The Kier molecular flexibility index (Phi) is 11.3. The minimum atomic E-state index is -0.113. The van der Waals surface area contributed by atoms with E-state index in [-0.39, 0.29) is 42.0 Å². The van der Waals surface area contributed by atoms with Crippen molar-refractivity contribution in [2.24, 2.45) is 10.4 Å². The maximum Gasteiger partial charge on any atom is 0.191 e. The zero-order valence-electron chi connectivity index (χ0n) is 14.8. The first kappa shape index (κ1) is 22.2. The highest BCUT2D eigenvalue weighted by Gasteiger charge is 2.25. The Morgan fingerprint density at radius 1 is 1.17 bits per heavy atom. The van der Waals surface area contributed by atoms with Crippen LogP contribution in [0.4, 0.5) is 0 Å². The van der Waals surface area contributed by atoms with Crippen molar-refractivity contribution in [3.05, 3.63) is 35.9 Å². The first-order valence-electron chi connectivity index (χ1n) is 8.31. The van der Waals surface area contributed by atoms with Crippen molar-refractivity contribution in [3.8, 4) is 0 Å². The summed E-state index contributed by atoms with van der Waals surface area (Å²) >= 11 is 0. The lowest BCUT2D eigenvalue weighted by molar-refractivity contribution is 0.123. The molecule has 1 aromatic carbocycles. The predicted molar refractivity (Wildman–Crippen MR) is 109 cm³/mol. The van der Waals surface area contributed by atoms with Gasteiger partial charge in [0.15, 0.2) is 5.96 Å². The molecular formula is C18H32IN3O. The van der Waals surface area contributed by atoms with Crippen LogP contribution in [0.1, 0.15) is 52.1 Å². The zero-order chi connectivity index (χ0) is 16.4. The van der Waals surface area contributed by atoms with Gasteiger partial charge in [-0.15, -0.1) is 24.0 Å². The maximum absolute atomic E-state index is 9.67. The summed E-state index contributed by atoms with van der Waals surface area (Å²) in [5, 5.41) is 16.4. The maximum atomic E-state index is 9.67. The molecule has 1 rings (SSSR count). The number of hydrogen-bond acceptors (Lipinski definition) is 2. The van der Waals surface area contributed by atoms with Crippen LogP contribution >= 0.6 is 24.0 Å². The SMILES string of the molecule is CCNC(=NCC(CC)(CC)CO)NC(C)c1ccccc1.I. The number of rotatable bonds is 8. The second kappa shape index (κ2) is 11.7. The molecule has 0 fully saturated rings. The second-order valence-corrected chi connectivity index (χ2v) is 5.84. The number of halogens is 1. The van der Waals surface area contributed by atoms with E-state index in [9.17, 15) is 5.11 Å². The van der Waals surface area contributed by atoms with Crippen molar-refractivity contribution in [1.82, 2.24) is 10.6 Å². The van der Waals surface area contributed by atoms with Gasteiger partial charge in [0.25, 0.3) is 0 Å². The highest BCUT2D eigenvalue weighted by atomic mass is 127. The molecular weight excluding hydrogens is 401 g/mol. The van der Waals surface area contributed by atoms with Gasteiger partial charge in [-0.1, -0.05) is 44.2 Å². The van der Waals surface area contributed by atoms with Crippen LogP contribution in [-0.2, 0) is 0 Å². The lowest BCUT2D eigenvalue weighted by atomic mass is 9.83. The molecule has 1 unspecified atom stereocenters. The molecule has 1 aromatic rings. The van der Waals surface area contributed by atoms with Crippen LogP contribution in [-0.4, -0.2) is 30.8 Å². The summed E-state index contributed by atoms with van der Waals surface area (Å²) in [5.41, 5.74) is 1.12. The number of aliphatic hydroxyl groups is 1. The van der Waals surface area contributed by atoms with Crippen LogP contribution in [0.15, 0.2) is 35.3 Å². The second-order valence-electron chi connectivity index (χ2n) is 5.84. The summed E-state index contributed by atoms with van der Waals surface area (Å²) in [6.07, 6.45) is 1.86. The van der Waals surface area contributed by atoms with E-state index in [0.717, 1.165) is 25.3 Å². The third-order valence-electron chi connectivity index (χ3n) is 4.41. The molecule has 0 aliphatic heterocycles. The van der Waals surface area contributed by atoms with Crippen molar-refractivity contribution in [2.75, 3.05) is 19.7 Å². The van der Waals surface area contributed by atoms with Gasteiger partial charge in [0.2, 0.25) is 0 Å². The van der Waals surface area contributed by atoms with E-state index in [0.29, 0.717) is 6.54 Å². The smallest absolute Gasteiger partial charge is 0.191 e.